The number of aromatic nitrogens is 3. The van der Waals surface area contributed by atoms with Crippen LogP contribution >= 0.6 is 11.3 Å². The lowest BCUT2D eigenvalue weighted by Crippen LogP contribution is -2.11. The van der Waals surface area contributed by atoms with Gasteiger partial charge in [-0.05, 0) is 13.8 Å². The Morgan fingerprint density at radius 2 is 2.35 bits per heavy atom. The Kier molecular flexibility index (Phi) is 2.80. The van der Waals surface area contributed by atoms with Gasteiger partial charge in [0.05, 0.1) is 4.92 Å². The van der Waals surface area contributed by atoms with Crippen LogP contribution < -0.4 is 5.73 Å². The molecule has 2 heterocycles. The van der Waals surface area contributed by atoms with Gasteiger partial charge in [0.25, 0.3) is 0 Å². The van der Waals surface area contributed by atoms with Crippen LogP contribution in [0.1, 0.15) is 23.7 Å². The molecule has 0 aliphatic rings. The normalized spacial score (nSPS) is 12.6. The van der Waals surface area contributed by atoms with Gasteiger partial charge >= 0.3 is 5.69 Å². The van der Waals surface area contributed by atoms with Gasteiger partial charge in [-0.2, -0.15) is 5.10 Å². The average Bonchev–Trinajstić information content (AvgIpc) is 2.85. The van der Waals surface area contributed by atoms with Crippen molar-refractivity contribution in [1.29, 1.82) is 0 Å². The molecule has 2 aromatic heterocycles. The first-order chi connectivity index (χ1) is 8.02. The monoisotopic (exact) mass is 253 g/mol. The van der Waals surface area contributed by atoms with Gasteiger partial charge in [-0.1, -0.05) is 0 Å². The second kappa shape index (κ2) is 4.13. The van der Waals surface area contributed by atoms with Crippen molar-refractivity contribution in [2.24, 2.45) is 0 Å². The maximum absolute atomic E-state index is 10.8. The largest absolute Gasteiger partial charge is 0.378 e. The zero-order valence-electron chi connectivity index (χ0n) is 9.32. The van der Waals surface area contributed by atoms with Crippen LogP contribution in [0.5, 0.6) is 0 Å². The smallest absolute Gasteiger partial charge is 0.333 e. The zero-order chi connectivity index (χ0) is 12.6. The van der Waals surface area contributed by atoms with E-state index in [-0.39, 0.29) is 17.5 Å². The molecule has 17 heavy (non-hydrogen) atoms. The molecule has 0 bridgehead atoms. The van der Waals surface area contributed by atoms with Crippen molar-refractivity contribution in [3.05, 3.63) is 32.4 Å². The molecule has 0 fully saturated rings. The number of nitrogen functional groups attached to an aromatic ring is 1. The number of nitrogens with two attached hydrogens (primary N) is 1. The van der Waals surface area contributed by atoms with E-state index in [0.29, 0.717) is 5.69 Å². The standard InChI is InChI=1S/C9H11N5O2S/c1-5-7(14(15)16)8(10)13(12-5)6(2)9-11-3-4-17-9/h3-4,6H,10H2,1-2H3. The first-order valence-electron chi connectivity index (χ1n) is 4.90. The molecule has 90 valence electrons. The Morgan fingerprint density at radius 1 is 1.65 bits per heavy atom. The molecule has 2 aromatic rings. The highest BCUT2D eigenvalue weighted by Gasteiger charge is 2.26. The van der Waals surface area contributed by atoms with Crippen molar-refractivity contribution in [3.63, 3.8) is 0 Å². The third-order valence-corrected chi connectivity index (χ3v) is 3.39. The second-order valence-electron chi connectivity index (χ2n) is 3.57. The van der Waals surface area contributed by atoms with Crippen LogP contribution in [0.4, 0.5) is 11.5 Å². The summed E-state index contributed by atoms with van der Waals surface area (Å²) >= 11 is 1.46. The predicted molar refractivity (Wildman–Crippen MR) is 64.0 cm³/mol. The maximum Gasteiger partial charge on any atom is 0.333 e. The molecule has 7 nitrogen and oxygen atoms in total. The first kappa shape index (κ1) is 11.5. The van der Waals surface area contributed by atoms with E-state index >= 15 is 0 Å². The Hall–Kier alpha value is -1.96. The summed E-state index contributed by atoms with van der Waals surface area (Å²) in [5.74, 6) is 0.0650. The lowest BCUT2D eigenvalue weighted by atomic mass is 10.3. The van der Waals surface area contributed by atoms with Crippen LogP contribution in [-0.4, -0.2) is 19.7 Å². The van der Waals surface area contributed by atoms with Gasteiger partial charge in [-0.25, -0.2) is 9.67 Å². The molecule has 2 N–H and O–H groups in total. The Morgan fingerprint density at radius 3 is 2.82 bits per heavy atom. The Bertz CT molecular complexity index is 548. The van der Waals surface area contributed by atoms with Crippen molar-refractivity contribution in [3.8, 4) is 0 Å². The topological polar surface area (TPSA) is 99.9 Å². The number of rotatable bonds is 3. The Labute approximate surface area is 101 Å². The van der Waals surface area contributed by atoms with Crippen LogP contribution in [0, 0.1) is 17.0 Å². The van der Waals surface area contributed by atoms with Crippen LogP contribution in [-0.2, 0) is 0 Å². The van der Waals surface area contributed by atoms with Gasteiger partial charge in [0, 0.05) is 11.6 Å². The summed E-state index contributed by atoms with van der Waals surface area (Å²) in [5.41, 5.74) is 5.93. The van der Waals surface area contributed by atoms with Crippen molar-refractivity contribution >= 4 is 22.8 Å². The van der Waals surface area contributed by atoms with Gasteiger partial charge in [0.2, 0.25) is 5.82 Å². The lowest BCUT2D eigenvalue weighted by Gasteiger charge is -2.09. The molecule has 2 rings (SSSR count). The van der Waals surface area contributed by atoms with E-state index in [0.717, 1.165) is 5.01 Å². The Balaban J connectivity index is 2.47. The number of hydrogen-bond acceptors (Lipinski definition) is 6. The molecular weight excluding hydrogens is 242 g/mol. The molecule has 1 atom stereocenters. The lowest BCUT2D eigenvalue weighted by molar-refractivity contribution is -0.384. The number of nitrogens with zero attached hydrogens (tertiary/aromatic N) is 4. The number of anilines is 1. The zero-order valence-corrected chi connectivity index (χ0v) is 10.1. The summed E-state index contributed by atoms with van der Waals surface area (Å²) in [6, 6.07) is -0.206. The van der Waals surface area contributed by atoms with Gasteiger partial charge in [0.15, 0.2) is 0 Å². The van der Waals surface area contributed by atoms with Gasteiger partial charge < -0.3 is 5.73 Å². The van der Waals surface area contributed by atoms with Gasteiger partial charge in [0.1, 0.15) is 16.7 Å². The van der Waals surface area contributed by atoms with Crippen LogP contribution in [0.15, 0.2) is 11.6 Å². The highest BCUT2D eigenvalue weighted by Crippen LogP contribution is 2.30. The van der Waals surface area contributed by atoms with Crippen LogP contribution in [0.2, 0.25) is 0 Å². The quantitative estimate of drug-likeness (QED) is 0.663. The molecule has 0 radical (unpaired) electrons. The first-order valence-corrected chi connectivity index (χ1v) is 5.78. The highest BCUT2D eigenvalue weighted by molar-refractivity contribution is 7.09. The number of hydrogen-bond donors (Lipinski definition) is 1. The summed E-state index contributed by atoms with van der Waals surface area (Å²) in [6.07, 6.45) is 1.68. The van der Waals surface area contributed by atoms with E-state index in [1.54, 1.807) is 13.1 Å². The predicted octanol–water partition coefficient (Wildman–Crippen LogP) is 1.75. The van der Waals surface area contributed by atoms with E-state index in [4.69, 9.17) is 5.73 Å². The minimum absolute atomic E-state index is 0.0650. The molecule has 0 aromatic carbocycles. The van der Waals surface area contributed by atoms with Crippen molar-refractivity contribution < 1.29 is 4.92 Å². The number of aryl methyl sites for hydroxylation is 1. The number of nitro groups is 1. The molecule has 0 aliphatic carbocycles. The van der Waals surface area contributed by atoms with Crippen molar-refractivity contribution in [1.82, 2.24) is 14.8 Å². The second-order valence-corrected chi connectivity index (χ2v) is 4.49. The van der Waals surface area contributed by atoms with E-state index < -0.39 is 4.92 Å². The third kappa shape index (κ3) is 1.86. The molecule has 1 unspecified atom stereocenters. The summed E-state index contributed by atoms with van der Waals surface area (Å²) in [4.78, 5) is 14.5. The third-order valence-electron chi connectivity index (χ3n) is 2.45. The molecular formula is C9H11N5O2S. The fourth-order valence-electron chi connectivity index (χ4n) is 1.62. The summed E-state index contributed by atoms with van der Waals surface area (Å²) in [7, 11) is 0. The van der Waals surface area contributed by atoms with Crippen molar-refractivity contribution in [2.45, 2.75) is 19.9 Å². The average molecular weight is 253 g/mol. The SMILES string of the molecule is Cc1nn(C(C)c2nccs2)c(N)c1[N+](=O)[O-]. The molecule has 0 aliphatic heterocycles. The highest BCUT2D eigenvalue weighted by atomic mass is 32.1. The van der Waals surface area contributed by atoms with E-state index in [1.165, 1.54) is 16.0 Å². The maximum atomic E-state index is 10.8. The minimum Gasteiger partial charge on any atom is -0.378 e. The van der Waals surface area contributed by atoms with Crippen LogP contribution in [0.3, 0.4) is 0 Å². The summed E-state index contributed by atoms with van der Waals surface area (Å²) in [6.45, 7) is 3.42. The summed E-state index contributed by atoms with van der Waals surface area (Å²) < 4.78 is 1.44. The molecule has 0 spiro atoms. The fourth-order valence-corrected chi connectivity index (χ4v) is 2.30. The van der Waals surface area contributed by atoms with E-state index in [1.807, 2.05) is 12.3 Å². The van der Waals surface area contributed by atoms with Gasteiger partial charge in [-0.3, -0.25) is 10.1 Å². The van der Waals surface area contributed by atoms with Crippen molar-refractivity contribution in [2.75, 3.05) is 5.73 Å². The molecule has 0 saturated carbocycles. The summed E-state index contributed by atoms with van der Waals surface area (Å²) in [5, 5.41) is 17.6. The molecule has 8 heteroatoms. The van der Waals surface area contributed by atoms with E-state index in [2.05, 4.69) is 10.1 Å². The van der Waals surface area contributed by atoms with E-state index in [9.17, 15) is 10.1 Å². The van der Waals surface area contributed by atoms with Gasteiger partial charge in [-0.15, -0.1) is 11.3 Å². The van der Waals surface area contributed by atoms with Crippen LogP contribution in [0.25, 0.3) is 0 Å². The number of thiazole rings is 1. The molecule has 0 saturated heterocycles. The fraction of sp³-hybridized carbons (Fsp3) is 0.333. The minimum atomic E-state index is -0.511. The molecule has 0 amide bonds.